The Labute approximate surface area is 75.5 Å². The summed E-state index contributed by atoms with van der Waals surface area (Å²) in [5, 5.41) is 16.8. The van der Waals surface area contributed by atoms with Crippen LogP contribution in [0.5, 0.6) is 0 Å². The van der Waals surface area contributed by atoms with E-state index in [-0.39, 0.29) is 5.57 Å². The van der Waals surface area contributed by atoms with Gasteiger partial charge in [-0.25, -0.2) is 9.59 Å². The lowest BCUT2D eigenvalue weighted by Crippen LogP contribution is -2.01. The van der Waals surface area contributed by atoms with Crippen molar-refractivity contribution in [2.75, 3.05) is 0 Å². The molecular weight excluding hydrogens is 172 g/mol. The zero-order valence-corrected chi connectivity index (χ0v) is 6.93. The van der Waals surface area contributed by atoms with Crippen LogP contribution in [0.2, 0.25) is 0 Å². The summed E-state index contributed by atoms with van der Waals surface area (Å²) in [6.45, 7) is 3.43. The third-order valence-electron chi connectivity index (χ3n) is 1.13. The van der Waals surface area contributed by atoms with Crippen LogP contribution in [0.4, 0.5) is 0 Å². The number of carbonyl (C=O) groups is 2. The Kier molecular flexibility index (Phi) is 4.95. The molecule has 4 nitrogen and oxygen atoms in total. The number of hydrogen-bond acceptors (Lipinski definition) is 2. The quantitative estimate of drug-likeness (QED) is 0.380. The standard InChI is InChI=1S/C9H10O4/c1-2-3-4-5-7(9(12)13)6-8(10)11/h2,4-6H,1,3H2,(H,10,11)(H,12,13). The minimum atomic E-state index is -1.28. The summed E-state index contributed by atoms with van der Waals surface area (Å²) in [6.07, 6.45) is 5.48. The molecule has 0 saturated heterocycles. The first kappa shape index (κ1) is 11.2. The van der Waals surface area contributed by atoms with E-state index in [2.05, 4.69) is 6.58 Å². The van der Waals surface area contributed by atoms with Crippen LogP contribution in [0.25, 0.3) is 0 Å². The van der Waals surface area contributed by atoms with Gasteiger partial charge in [-0.15, -0.1) is 6.58 Å². The lowest BCUT2D eigenvalue weighted by Gasteiger charge is -1.91. The van der Waals surface area contributed by atoms with Gasteiger partial charge in [0.1, 0.15) is 0 Å². The van der Waals surface area contributed by atoms with E-state index in [0.29, 0.717) is 12.5 Å². The summed E-state index contributed by atoms with van der Waals surface area (Å²) >= 11 is 0. The van der Waals surface area contributed by atoms with Crippen LogP contribution in [0, 0.1) is 0 Å². The topological polar surface area (TPSA) is 74.6 Å². The van der Waals surface area contributed by atoms with Crippen LogP contribution >= 0.6 is 0 Å². The van der Waals surface area contributed by atoms with Crippen molar-refractivity contribution in [1.82, 2.24) is 0 Å². The minimum absolute atomic E-state index is 0.255. The summed E-state index contributed by atoms with van der Waals surface area (Å²) in [6, 6.07) is 0. The van der Waals surface area contributed by atoms with Gasteiger partial charge in [-0.3, -0.25) is 0 Å². The van der Waals surface area contributed by atoms with E-state index >= 15 is 0 Å². The molecule has 2 N–H and O–H groups in total. The Hall–Kier alpha value is -1.84. The molecule has 0 atom stereocenters. The predicted molar refractivity (Wildman–Crippen MR) is 47.3 cm³/mol. The Morgan fingerprint density at radius 2 is 1.92 bits per heavy atom. The van der Waals surface area contributed by atoms with Gasteiger partial charge in [0.25, 0.3) is 0 Å². The summed E-state index contributed by atoms with van der Waals surface area (Å²) in [4.78, 5) is 20.6. The maximum atomic E-state index is 10.4. The summed E-state index contributed by atoms with van der Waals surface area (Å²) in [7, 11) is 0. The molecule has 0 fully saturated rings. The molecule has 0 aromatic rings. The van der Waals surface area contributed by atoms with Gasteiger partial charge >= 0.3 is 11.9 Å². The van der Waals surface area contributed by atoms with Gasteiger partial charge < -0.3 is 10.2 Å². The zero-order valence-electron chi connectivity index (χ0n) is 6.93. The molecule has 0 aromatic heterocycles. The normalized spacial score (nSPS) is 11.5. The highest BCUT2D eigenvalue weighted by molar-refractivity contribution is 5.96. The van der Waals surface area contributed by atoms with Crippen molar-refractivity contribution in [2.45, 2.75) is 6.42 Å². The average molecular weight is 182 g/mol. The molecule has 13 heavy (non-hydrogen) atoms. The summed E-state index contributed by atoms with van der Waals surface area (Å²) in [5.74, 6) is -2.54. The molecule has 0 spiro atoms. The van der Waals surface area contributed by atoms with E-state index in [0.717, 1.165) is 0 Å². The highest BCUT2D eigenvalue weighted by atomic mass is 16.4. The highest BCUT2D eigenvalue weighted by Crippen LogP contribution is 1.98. The van der Waals surface area contributed by atoms with Crippen LogP contribution in [-0.2, 0) is 9.59 Å². The van der Waals surface area contributed by atoms with Gasteiger partial charge in [0.05, 0.1) is 5.57 Å². The van der Waals surface area contributed by atoms with E-state index in [4.69, 9.17) is 10.2 Å². The molecule has 0 unspecified atom stereocenters. The van der Waals surface area contributed by atoms with E-state index in [1.54, 1.807) is 6.08 Å². The lowest BCUT2D eigenvalue weighted by molar-refractivity contribution is -0.134. The van der Waals surface area contributed by atoms with Gasteiger partial charge in [0.15, 0.2) is 0 Å². The fourth-order valence-electron chi connectivity index (χ4n) is 0.605. The van der Waals surface area contributed by atoms with Gasteiger partial charge in [0, 0.05) is 6.08 Å². The van der Waals surface area contributed by atoms with Crippen LogP contribution in [0.15, 0.2) is 36.5 Å². The van der Waals surface area contributed by atoms with Crippen molar-refractivity contribution in [2.24, 2.45) is 0 Å². The fraction of sp³-hybridized carbons (Fsp3) is 0.111. The van der Waals surface area contributed by atoms with Crippen LogP contribution in [0.1, 0.15) is 6.42 Å². The number of aliphatic carboxylic acids is 2. The maximum Gasteiger partial charge on any atom is 0.335 e. The third-order valence-corrected chi connectivity index (χ3v) is 1.13. The van der Waals surface area contributed by atoms with E-state index < -0.39 is 11.9 Å². The number of carboxylic acid groups (broad SMARTS) is 2. The van der Waals surface area contributed by atoms with Crippen molar-refractivity contribution >= 4 is 11.9 Å². The molecule has 0 amide bonds. The van der Waals surface area contributed by atoms with Crippen molar-refractivity contribution in [3.63, 3.8) is 0 Å². The van der Waals surface area contributed by atoms with Gasteiger partial charge in [-0.2, -0.15) is 0 Å². The number of rotatable bonds is 5. The number of hydrogen-bond donors (Lipinski definition) is 2. The smallest absolute Gasteiger partial charge is 0.335 e. The maximum absolute atomic E-state index is 10.4. The minimum Gasteiger partial charge on any atom is -0.478 e. The second-order valence-corrected chi connectivity index (χ2v) is 2.17. The van der Waals surface area contributed by atoms with Crippen LogP contribution in [0.3, 0.4) is 0 Å². The molecule has 0 saturated carbocycles. The Balaban J connectivity index is 4.53. The van der Waals surface area contributed by atoms with Crippen LogP contribution < -0.4 is 0 Å². The fourth-order valence-corrected chi connectivity index (χ4v) is 0.605. The van der Waals surface area contributed by atoms with Gasteiger partial charge in [-0.1, -0.05) is 18.2 Å². The number of allylic oxidation sites excluding steroid dienone is 2. The second kappa shape index (κ2) is 5.77. The molecule has 0 aliphatic heterocycles. The second-order valence-electron chi connectivity index (χ2n) is 2.17. The highest BCUT2D eigenvalue weighted by Gasteiger charge is 2.04. The zero-order chi connectivity index (χ0) is 10.3. The van der Waals surface area contributed by atoms with E-state index in [1.165, 1.54) is 12.2 Å². The van der Waals surface area contributed by atoms with E-state index in [9.17, 15) is 9.59 Å². The van der Waals surface area contributed by atoms with Crippen molar-refractivity contribution in [3.05, 3.63) is 36.5 Å². The Morgan fingerprint density at radius 1 is 1.31 bits per heavy atom. The first-order valence-corrected chi connectivity index (χ1v) is 3.53. The van der Waals surface area contributed by atoms with E-state index in [1.807, 2.05) is 0 Å². The molecule has 4 heteroatoms. The Morgan fingerprint density at radius 3 is 2.31 bits per heavy atom. The average Bonchev–Trinajstić information content (AvgIpc) is 2.02. The molecule has 0 bridgehead atoms. The summed E-state index contributed by atoms with van der Waals surface area (Å²) in [5.41, 5.74) is -0.255. The number of carboxylic acids is 2. The molecule has 0 aliphatic rings. The van der Waals surface area contributed by atoms with Gasteiger partial charge in [-0.05, 0) is 6.42 Å². The molecule has 0 aromatic carbocycles. The van der Waals surface area contributed by atoms with Gasteiger partial charge in [0.2, 0.25) is 0 Å². The molecular formula is C9H10O4. The Bertz CT molecular complexity index is 273. The monoisotopic (exact) mass is 182 g/mol. The molecule has 0 heterocycles. The SMILES string of the molecule is C=CCC=CC(=CC(=O)O)C(=O)O. The van der Waals surface area contributed by atoms with Crippen molar-refractivity contribution in [1.29, 1.82) is 0 Å². The molecule has 0 aliphatic carbocycles. The molecule has 0 rings (SSSR count). The lowest BCUT2D eigenvalue weighted by atomic mass is 10.2. The first-order chi connectivity index (χ1) is 6.07. The van der Waals surface area contributed by atoms with Crippen LogP contribution in [-0.4, -0.2) is 22.2 Å². The molecule has 70 valence electrons. The molecule has 0 radical (unpaired) electrons. The van der Waals surface area contributed by atoms with Crippen molar-refractivity contribution in [3.8, 4) is 0 Å². The van der Waals surface area contributed by atoms with Crippen molar-refractivity contribution < 1.29 is 19.8 Å². The first-order valence-electron chi connectivity index (χ1n) is 3.53. The third kappa shape index (κ3) is 5.43. The largest absolute Gasteiger partial charge is 0.478 e. The predicted octanol–water partition coefficient (Wildman–Crippen LogP) is 1.21. The summed E-state index contributed by atoms with van der Waals surface area (Å²) < 4.78 is 0.